The Balaban J connectivity index is 2.38. The van der Waals surface area contributed by atoms with Gasteiger partial charge in [0.2, 0.25) is 5.17 Å². The van der Waals surface area contributed by atoms with Crippen molar-refractivity contribution in [1.29, 1.82) is 10.8 Å². The topological polar surface area (TPSA) is 72.4 Å². The summed E-state index contributed by atoms with van der Waals surface area (Å²) in [5.41, 5.74) is 1.15. The van der Waals surface area contributed by atoms with Gasteiger partial charge in [-0.05, 0) is 12.5 Å². The van der Waals surface area contributed by atoms with Crippen molar-refractivity contribution in [3.05, 3.63) is 35.9 Å². The zero-order valence-electron chi connectivity index (χ0n) is 8.40. The molecular formula is C10H12N4S. The van der Waals surface area contributed by atoms with Crippen molar-refractivity contribution in [2.75, 3.05) is 0 Å². The molecule has 4 nitrogen and oxygen atoms in total. The molecule has 0 unspecified atom stereocenters. The number of amidine groups is 2. The molecule has 0 atom stereocenters. The lowest BCUT2D eigenvalue weighted by molar-refractivity contribution is 1.26. The summed E-state index contributed by atoms with van der Waals surface area (Å²) in [4.78, 5) is 0. The Morgan fingerprint density at radius 1 is 1.20 bits per heavy atom. The Morgan fingerprint density at radius 2 is 1.87 bits per heavy atom. The molecule has 0 fully saturated rings. The predicted octanol–water partition coefficient (Wildman–Crippen LogP) is 3.30. The third kappa shape index (κ3) is 5.07. The van der Waals surface area contributed by atoms with E-state index >= 15 is 0 Å². The van der Waals surface area contributed by atoms with Gasteiger partial charge >= 0.3 is 0 Å². The van der Waals surface area contributed by atoms with Crippen LogP contribution in [0.2, 0.25) is 0 Å². The highest BCUT2D eigenvalue weighted by Gasteiger charge is 1.97. The van der Waals surface area contributed by atoms with Gasteiger partial charge in [0, 0.05) is 5.75 Å². The van der Waals surface area contributed by atoms with Gasteiger partial charge in [-0.1, -0.05) is 42.1 Å². The van der Waals surface area contributed by atoms with Gasteiger partial charge < -0.3 is 0 Å². The zero-order valence-corrected chi connectivity index (χ0v) is 9.21. The van der Waals surface area contributed by atoms with Crippen molar-refractivity contribution in [1.82, 2.24) is 0 Å². The van der Waals surface area contributed by atoms with Crippen molar-refractivity contribution in [3.8, 4) is 0 Å². The van der Waals surface area contributed by atoms with E-state index in [0.717, 1.165) is 5.56 Å². The van der Waals surface area contributed by atoms with E-state index in [0.29, 0.717) is 5.75 Å². The third-order valence-corrected chi connectivity index (χ3v) is 2.34. The number of nitrogens with one attached hydrogen (secondary N) is 2. The summed E-state index contributed by atoms with van der Waals surface area (Å²) in [5.74, 6) is 0.815. The summed E-state index contributed by atoms with van der Waals surface area (Å²) in [5, 5.41) is 21.7. The highest BCUT2D eigenvalue weighted by Crippen LogP contribution is 2.13. The molecule has 2 N–H and O–H groups in total. The lowest BCUT2D eigenvalue weighted by Crippen LogP contribution is -1.88. The fraction of sp³-hybridized carbons (Fsp3) is 0.200. The second-order valence-electron chi connectivity index (χ2n) is 2.86. The fourth-order valence-corrected chi connectivity index (χ4v) is 1.47. The average Bonchev–Trinajstić information content (AvgIpc) is 2.25. The smallest absolute Gasteiger partial charge is 0.202 e. The number of nitrogens with zero attached hydrogens (tertiary/aromatic N) is 2. The minimum atomic E-state index is 0.111. The molecule has 0 aliphatic heterocycles. The van der Waals surface area contributed by atoms with Crippen LogP contribution >= 0.6 is 11.8 Å². The summed E-state index contributed by atoms with van der Waals surface area (Å²) in [6.07, 6.45) is 0. The normalized spacial score (nSPS) is 10.5. The average molecular weight is 220 g/mol. The van der Waals surface area contributed by atoms with E-state index < -0.39 is 0 Å². The van der Waals surface area contributed by atoms with Crippen LogP contribution in [0.3, 0.4) is 0 Å². The highest BCUT2D eigenvalue weighted by atomic mass is 32.2. The first-order valence-electron chi connectivity index (χ1n) is 4.40. The van der Waals surface area contributed by atoms with Crippen molar-refractivity contribution < 1.29 is 0 Å². The van der Waals surface area contributed by atoms with Crippen LogP contribution in [0, 0.1) is 10.8 Å². The SMILES string of the molecule is CC(=N)N=NC(=N)SCc1ccccc1. The molecule has 0 amide bonds. The minimum Gasteiger partial charge on any atom is -0.285 e. The van der Waals surface area contributed by atoms with Crippen LogP contribution in [0.4, 0.5) is 0 Å². The van der Waals surface area contributed by atoms with Crippen molar-refractivity contribution >= 4 is 22.8 Å². The van der Waals surface area contributed by atoms with Gasteiger partial charge in [-0.3, -0.25) is 10.8 Å². The van der Waals surface area contributed by atoms with E-state index in [9.17, 15) is 0 Å². The van der Waals surface area contributed by atoms with Crippen molar-refractivity contribution in [2.24, 2.45) is 10.2 Å². The number of hydrogen-bond donors (Lipinski definition) is 2. The van der Waals surface area contributed by atoms with Crippen molar-refractivity contribution in [3.63, 3.8) is 0 Å². The number of rotatable bonds is 2. The first-order chi connectivity index (χ1) is 7.18. The lowest BCUT2D eigenvalue weighted by Gasteiger charge is -1.97. The summed E-state index contributed by atoms with van der Waals surface area (Å²) in [6.45, 7) is 1.53. The van der Waals surface area contributed by atoms with Gasteiger partial charge in [-0.25, -0.2) is 0 Å². The maximum atomic E-state index is 7.44. The van der Waals surface area contributed by atoms with E-state index in [4.69, 9.17) is 10.8 Å². The molecule has 0 saturated carbocycles. The number of hydrogen-bond acceptors (Lipinski definition) is 3. The lowest BCUT2D eigenvalue weighted by atomic mass is 10.2. The second kappa shape index (κ2) is 6.08. The quantitative estimate of drug-likeness (QED) is 0.448. The van der Waals surface area contributed by atoms with E-state index in [-0.39, 0.29) is 11.0 Å². The third-order valence-electron chi connectivity index (χ3n) is 1.51. The number of azo groups is 1. The summed E-state index contributed by atoms with van der Waals surface area (Å²) >= 11 is 1.30. The Hall–Kier alpha value is -1.49. The van der Waals surface area contributed by atoms with Crippen LogP contribution in [-0.2, 0) is 5.75 Å². The minimum absolute atomic E-state index is 0.111. The molecule has 0 spiro atoms. The highest BCUT2D eigenvalue weighted by molar-refractivity contribution is 8.13. The Labute approximate surface area is 92.8 Å². The standard InChI is InChI=1S/C10H12N4S/c1-8(11)13-14-10(12)15-7-9-5-3-2-4-6-9/h2-6,11-12H,7H2,1H3. The number of thioether (sulfide) groups is 1. The van der Waals surface area contributed by atoms with Gasteiger partial charge in [0.05, 0.1) is 0 Å². The van der Waals surface area contributed by atoms with Gasteiger partial charge in [0.15, 0.2) is 0 Å². The van der Waals surface area contributed by atoms with Gasteiger partial charge in [0.1, 0.15) is 5.84 Å². The molecule has 0 aliphatic carbocycles. The van der Waals surface area contributed by atoms with Crippen LogP contribution in [-0.4, -0.2) is 11.0 Å². The van der Waals surface area contributed by atoms with E-state index in [1.165, 1.54) is 18.7 Å². The Kier molecular flexibility index (Phi) is 4.70. The molecular weight excluding hydrogens is 208 g/mol. The molecule has 0 aliphatic rings. The predicted molar refractivity (Wildman–Crippen MR) is 63.7 cm³/mol. The van der Waals surface area contributed by atoms with E-state index in [1.807, 2.05) is 30.3 Å². The van der Waals surface area contributed by atoms with Crippen LogP contribution in [0.25, 0.3) is 0 Å². The molecule has 1 rings (SSSR count). The maximum absolute atomic E-state index is 7.44. The molecule has 0 heterocycles. The molecule has 78 valence electrons. The fourth-order valence-electron chi connectivity index (χ4n) is 0.875. The van der Waals surface area contributed by atoms with Gasteiger partial charge in [-0.15, -0.1) is 10.2 Å². The maximum Gasteiger partial charge on any atom is 0.202 e. The Morgan fingerprint density at radius 3 is 2.47 bits per heavy atom. The van der Waals surface area contributed by atoms with Crippen LogP contribution in [0.1, 0.15) is 12.5 Å². The second-order valence-corrected chi connectivity index (χ2v) is 3.83. The molecule has 0 radical (unpaired) electrons. The Bertz CT molecular complexity index is 372. The monoisotopic (exact) mass is 220 g/mol. The van der Waals surface area contributed by atoms with Crippen molar-refractivity contribution in [2.45, 2.75) is 12.7 Å². The summed E-state index contributed by atoms with van der Waals surface area (Å²) in [7, 11) is 0. The molecule has 0 aromatic heterocycles. The molecule has 0 bridgehead atoms. The molecule has 0 saturated heterocycles. The van der Waals surface area contributed by atoms with Crippen LogP contribution in [0.15, 0.2) is 40.6 Å². The largest absolute Gasteiger partial charge is 0.285 e. The van der Waals surface area contributed by atoms with E-state index in [1.54, 1.807) is 0 Å². The molecule has 1 aromatic carbocycles. The first kappa shape index (κ1) is 11.6. The van der Waals surface area contributed by atoms with Crippen LogP contribution < -0.4 is 0 Å². The molecule has 5 heteroatoms. The molecule has 1 aromatic rings. The van der Waals surface area contributed by atoms with Gasteiger partial charge in [0.25, 0.3) is 0 Å². The van der Waals surface area contributed by atoms with Gasteiger partial charge in [-0.2, -0.15) is 0 Å². The summed E-state index contributed by atoms with van der Waals surface area (Å²) < 4.78 is 0. The first-order valence-corrected chi connectivity index (χ1v) is 5.39. The summed E-state index contributed by atoms with van der Waals surface area (Å²) in [6, 6.07) is 9.88. The zero-order chi connectivity index (χ0) is 11.1. The van der Waals surface area contributed by atoms with E-state index in [2.05, 4.69) is 10.2 Å². The van der Waals surface area contributed by atoms with Crippen LogP contribution in [0.5, 0.6) is 0 Å². The number of benzene rings is 1. The molecule has 15 heavy (non-hydrogen) atoms.